The van der Waals surface area contributed by atoms with Gasteiger partial charge in [0.15, 0.2) is 5.43 Å². The van der Waals surface area contributed by atoms with E-state index in [0.29, 0.717) is 30.9 Å². The molecule has 0 spiro atoms. The first-order valence-electron chi connectivity index (χ1n) is 11.5. The van der Waals surface area contributed by atoms with Crippen molar-refractivity contribution >= 4 is 5.69 Å². The summed E-state index contributed by atoms with van der Waals surface area (Å²) in [5.74, 6) is -1.41. The quantitative estimate of drug-likeness (QED) is 0.332. The number of aromatic nitrogens is 1. The molecule has 1 aliphatic rings. The predicted molar refractivity (Wildman–Crippen MR) is 128 cm³/mol. The lowest BCUT2D eigenvalue weighted by molar-refractivity contribution is -0.385. The number of ether oxygens (including phenoxy) is 3. The van der Waals surface area contributed by atoms with Crippen LogP contribution >= 0.6 is 0 Å². The minimum atomic E-state index is -1.41. The Bertz CT molecular complexity index is 1170. The summed E-state index contributed by atoms with van der Waals surface area (Å²) in [6.45, 7) is 0.520. The van der Waals surface area contributed by atoms with Crippen LogP contribution in [0.1, 0.15) is 42.2 Å². The molecular formula is C26H28N2O7. The van der Waals surface area contributed by atoms with Gasteiger partial charge in [0, 0.05) is 54.7 Å². The van der Waals surface area contributed by atoms with Gasteiger partial charge in [-0.3, -0.25) is 14.9 Å². The molecule has 1 aliphatic heterocycles. The van der Waals surface area contributed by atoms with Gasteiger partial charge in [-0.2, -0.15) is 0 Å². The molecule has 3 atom stereocenters. The highest BCUT2D eigenvalue weighted by molar-refractivity contribution is 5.35. The van der Waals surface area contributed by atoms with Gasteiger partial charge in [-0.05, 0) is 30.5 Å². The highest BCUT2D eigenvalue weighted by atomic mass is 16.7. The number of non-ortho nitro benzene ring substituents is 1. The second-order valence-electron chi connectivity index (χ2n) is 8.35. The van der Waals surface area contributed by atoms with Crippen molar-refractivity contribution in [1.82, 2.24) is 4.98 Å². The Morgan fingerprint density at radius 1 is 1.17 bits per heavy atom. The van der Waals surface area contributed by atoms with Gasteiger partial charge >= 0.3 is 0 Å². The number of hydrogen-bond donors (Lipinski definition) is 2. The molecule has 0 bridgehead atoms. The minimum Gasteiger partial charge on any atom is -0.396 e. The molecule has 0 aliphatic carbocycles. The van der Waals surface area contributed by atoms with E-state index < -0.39 is 22.9 Å². The van der Waals surface area contributed by atoms with Gasteiger partial charge in [0.05, 0.1) is 18.1 Å². The molecule has 9 heteroatoms. The Morgan fingerprint density at radius 2 is 1.94 bits per heavy atom. The summed E-state index contributed by atoms with van der Waals surface area (Å²) >= 11 is 0. The first-order valence-corrected chi connectivity index (χ1v) is 11.5. The zero-order chi connectivity index (χ0) is 24.7. The lowest BCUT2D eigenvalue weighted by atomic mass is 9.93. The fourth-order valence-corrected chi connectivity index (χ4v) is 4.26. The highest BCUT2D eigenvalue weighted by Gasteiger charge is 2.48. The molecule has 1 fully saturated rings. The van der Waals surface area contributed by atoms with Gasteiger partial charge < -0.3 is 24.3 Å². The van der Waals surface area contributed by atoms with Crippen LogP contribution in [0.3, 0.4) is 0 Å². The van der Waals surface area contributed by atoms with Gasteiger partial charge in [-0.15, -0.1) is 0 Å². The Hall–Kier alpha value is -3.37. The van der Waals surface area contributed by atoms with E-state index in [2.05, 4.69) is 4.98 Å². The van der Waals surface area contributed by atoms with Crippen LogP contribution in [-0.4, -0.2) is 34.3 Å². The maximum absolute atomic E-state index is 12.0. The fraction of sp³-hybridized carbons (Fsp3) is 0.346. The molecule has 2 N–H and O–H groups in total. The second kappa shape index (κ2) is 11.4. The molecular weight excluding hydrogens is 452 g/mol. The molecule has 3 aromatic rings. The highest BCUT2D eigenvalue weighted by Crippen LogP contribution is 2.43. The Morgan fingerprint density at radius 3 is 2.63 bits per heavy atom. The summed E-state index contributed by atoms with van der Waals surface area (Å²) in [7, 11) is 0. The van der Waals surface area contributed by atoms with E-state index >= 15 is 0 Å². The number of hydrogen-bond acceptors (Lipinski definition) is 7. The van der Waals surface area contributed by atoms with Crippen molar-refractivity contribution in [2.24, 2.45) is 0 Å². The Balaban J connectivity index is 1.73. The summed E-state index contributed by atoms with van der Waals surface area (Å²) in [4.78, 5) is 25.8. The molecule has 3 unspecified atom stereocenters. The van der Waals surface area contributed by atoms with E-state index in [1.807, 2.05) is 30.3 Å². The molecule has 4 rings (SSSR count). The van der Waals surface area contributed by atoms with Crippen molar-refractivity contribution in [3.63, 3.8) is 0 Å². The molecule has 35 heavy (non-hydrogen) atoms. The lowest BCUT2D eigenvalue weighted by Crippen LogP contribution is -2.50. The van der Waals surface area contributed by atoms with E-state index in [1.54, 1.807) is 12.1 Å². The predicted octanol–water partition coefficient (Wildman–Crippen LogP) is 3.97. The van der Waals surface area contributed by atoms with Crippen LogP contribution in [-0.2, 0) is 26.6 Å². The number of nitrogens with zero attached hydrogens (tertiary/aromatic N) is 1. The summed E-state index contributed by atoms with van der Waals surface area (Å²) in [6.07, 6.45) is 1.82. The molecule has 2 aromatic carbocycles. The van der Waals surface area contributed by atoms with E-state index in [1.165, 1.54) is 30.5 Å². The Labute approximate surface area is 202 Å². The summed E-state index contributed by atoms with van der Waals surface area (Å²) in [5, 5.41) is 21.0. The maximum Gasteiger partial charge on any atom is 0.269 e. The normalized spacial score (nSPS) is 20.9. The number of rotatable bonds is 10. The van der Waals surface area contributed by atoms with Gasteiger partial charge in [-0.25, -0.2) is 0 Å². The van der Waals surface area contributed by atoms with E-state index in [-0.39, 0.29) is 24.1 Å². The van der Waals surface area contributed by atoms with Gasteiger partial charge in [0.25, 0.3) is 5.69 Å². The molecule has 184 valence electrons. The van der Waals surface area contributed by atoms with Crippen LogP contribution in [0.5, 0.6) is 0 Å². The number of nitro benzene ring substituents is 1. The van der Waals surface area contributed by atoms with Crippen LogP contribution in [0.2, 0.25) is 0 Å². The number of benzene rings is 2. The van der Waals surface area contributed by atoms with Crippen molar-refractivity contribution in [3.8, 4) is 0 Å². The monoisotopic (exact) mass is 480 g/mol. The SMILES string of the molecule is O=c1cc[nH]c(C(CCO)OC2(c3ccc([N+](=O)[O-])cc3)OCCCC2OCc2ccccc2)c1. The van der Waals surface area contributed by atoms with Crippen LogP contribution in [0.15, 0.2) is 77.7 Å². The third-order valence-corrected chi connectivity index (χ3v) is 5.98. The molecule has 1 aromatic heterocycles. The third-order valence-electron chi connectivity index (χ3n) is 5.98. The van der Waals surface area contributed by atoms with Crippen molar-refractivity contribution in [3.05, 3.63) is 110 Å². The molecule has 0 saturated carbocycles. The van der Waals surface area contributed by atoms with Crippen molar-refractivity contribution < 1.29 is 24.2 Å². The number of aliphatic hydroxyl groups excluding tert-OH is 1. The standard InChI is InChI=1S/C26H28N2O7/c29-15-13-24(23-17-22(30)12-14-27-23)35-26(20-8-10-21(11-9-20)28(31)32)25(7-4-16-34-26)33-18-19-5-2-1-3-6-19/h1-3,5-6,8-12,14,17,24-25,29H,4,7,13,15-16,18H2,(H,27,30). The van der Waals surface area contributed by atoms with Crippen LogP contribution in [0.25, 0.3) is 0 Å². The zero-order valence-corrected chi connectivity index (χ0v) is 19.2. The summed E-state index contributed by atoms with van der Waals surface area (Å²) in [5.41, 5.74) is 1.78. The number of aliphatic hydroxyl groups is 1. The van der Waals surface area contributed by atoms with E-state index in [9.17, 15) is 20.0 Å². The summed E-state index contributed by atoms with van der Waals surface area (Å²) in [6, 6.07) is 18.5. The van der Waals surface area contributed by atoms with E-state index in [4.69, 9.17) is 14.2 Å². The first kappa shape index (κ1) is 24.7. The van der Waals surface area contributed by atoms with Crippen molar-refractivity contribution in [2.45, 2.75) is 43.9 Å². The van der Waals surface area contributed by atoms with Gasteiger partial charge in [0.2, 0.25) is 5.79 Å². The number of pyridine rings is 1. The topological polar surface area (TPSA) is 124 Å². The fourth-order valence-electron chi connectivity index (χ4n) is 4.26. The number of aromatic amines is 1. The molecule has 2 heterocycles. The number of H-pyrrole nitrogens is 1. The third kappa shape index (κ3) is 5.83. The molecule has 0 amide bonds. The van der Waals surface area contributed by atoms with Gasteiger partial charge in [0.1, 0.15) is 12.2 Å². The lowest BCUT2D eigenvalue weighted by Gasteiger charge is -2.45. The van der Waals surface area contributed by atoms with Crippen LogP contribution < -0.4 is 5.43 Å². The van der Waals surface area contributed by atoms with Crippen molar-refractivity contribution in [2.75, 3.05) is 13.2 Å². The van der Waals surface area contributed by atoms with Crippen LogP contribution in [0, 0.1) is 10.1 Å². The van der Waals surface area contributed by atoms with E-state index in [0.717, 1.165) is 12.0 Å². The smallest absolute Gasteiger partial charge is 0.269 e. The first-order chi connectivity index (χ1) is 17.0. The zero-order valence-electron chi connectivity index (χ0n) is 19.2. The largest absolute Gasteiger partial charge is 0.396 e. The maximum atomic E-state index is 12.0. The van der Waals surface area contributed by atoms with Gasteiger partial charge in [-0.1, -0.05) is 30.3 Å². The molecule has 0 radical (unpaired) electrons. The average Bonchev–Trinajstić information content (AvgIpc) is 2.88. The Kier molecular flexibility index (Phi) is 8.04. The average molecular weight is 481 g/mol. The summed E-state index contributed by atoms with van der Waals surface area (Å²) < 4.78 is 19.2. The molecule has 9 nitrogen and oxygen atoms in total. The van der Waals surface area contributed by atoms with Crippen LogP contribution in [0.4, 0.5) is 5.69 Å². The molecule has 1 saturated heterocycles. The number of nitro groups is 1. The second-order valence-corrected chi connectivity index (χ2v) is 8.35. The number of nitrogens with one attached hydrogen (secondary N) is 1. The minimum absolute atomic E-state index is 0.0549. The van der Waals surface area contributed by atoms with Crippen molar-refractivity contribution in [1.29, 1.82) is 0 Å².